The van der Waals surface area contributed by atoms with Crippen molar-refractivity contribution in [3.8, 4) is 11.8 Å². The number of carbonyl (C=O) groups is 2. The highest BCUT2D eigenvalue weighted by molar-refractivity contribution is 7.89. The van der Waals surface area contributed by atoms with Gasteiger partial charge < -0.3 is 24.5 Å². The molecule has 1 fully saturated rings. The number of fused-ring (bicyclic) bond motifs is 2. The van der Waals surface area contributed by atoms with Crippen LogP contribution in [-0.2, 0) is 27.8 Å². The van der Waals surface area contributed by atoms with Gasteiger partial charge in [-0.1, -0.05) is 24.3 Å². The van der Waals surface area contributed by atoms with E-state index in [2.05, 4.69) is 25.7 Å². The van der Waals surface area contributed by atoms with Gasteiger partial charge in [0.05, 0.1) is 36.2 Å². The van der Waals surface area contributed by atoms with E-state index in [1.165, 1.54) is 11.9 Å². The van der Waals surface area contributed by atoms with Gasteiger partial charge in [0.2, 0.25) is 0 Å². The molecule has 1 aromatic heterocycles. The zero-order chi connectivity index (χ0) is 31.8. The van der Waals surface area contributed by atoms with Crippen molar-refractivity contribution >= 4 is 44.4 Å². The summed E-state index contributed by atoms with van der Waals surface area (Å²) in [5.74, 6) is 0.472. The Balaban J connectivity index is 1.56. The number of aromatic nitrogens is 2. The number of sulfonamides is 1. The van der Waals surface area contributed by atoms with Gasteiger partial charge in [-0.05, 0) is 45.7 Å². The summed E-state index contributed by atoms with van der Waals surface area (Å²) < 4.78 is 33.9. The van der Waals surface area contributed by atoms with Gasteiger partial charge in [-0.3, -0.25) is 4.79 Å². The minimum absolute atomic E-state index is 0.00523. The molecule has 0 radical (unpaired) electrons. The smallest absolute Gasteiger partial charge is 0.407 e. The van der Waals surface area contributed by atoms with E-state index >= 15 is 0 Å². The van der Waals surface area contributed by atoms with Gasteiger partial charge in [-0.2, -0.15) is 10.2 Å². The van der Waals surface area contributed by atoms with Crippen LogP contribution >= 0.6 is 0 Å². The molecule has 1 amide bonds. The molecule has 0 bridgehead atoms. The minimum Gasteiger partial charge on any atom is -0.465 e. The normalized spacial score (nSPS) is 17.2. The summed E-state index contributed by atoms with van der Waals surface area (Å²) in [6.45, 7) is 6.79. The molecule has 1 saturated heterocycles. The zero-order valence-corrected chi connectivity index (χ0v) is 25.9. The zero-order valence-electron chi connectivity index (χ0n) is 25.1. The number of benzene rings is 2. The number of rotatable bonds is 6. The van der Waals surface area contributed by atoms with Gasteiger partial charge in [0.25, 0.3) is 15.2 Å². The van der Waals surface area contributed by atoms with Crippen molar-refractivity contribution in [1.82, 2.24) is 19.6 Å². The van der Waals surface area contributed by atoms with Crippen LogP contribution in [0.2, 0.25) is 0 Å². The molecule has 1 atom stereocenters. The predicted octanol–water partition coefficient (Wildman–Crippen LogP) is 3.13. The van der Waals surface area contributed by atoms with Crippen LogP contribution in [-0.4, -0.2) is 79.7 Å². The van der Waals surface area contributed by atoms with Crippen LogP contribution in [0.1, 0.15) is 38.4 Å². The molecule has 0 spiro atoms. The second kappa shape index (κ2) is 11.9. The topological polar surface area (TPSA) is 169 Å². The van der Waals surface area contributed by atoms with Gasteiger partial charge in [0, 0.05) is 48.9 Å². The molecule has 0 saturated carbocycles. The Kier molecular flexibility index (Phi) is 8.37. The van der Waals surface area contributed by atoms with Crippen LogP contribution in [0, 0.1) is 16.7 Å². The Morgan fingerprint density at radius 2 is 1.89 bits per heavy atom. The third-order valence-corrected chi connectivity index (χ3v) is 9.06. The fourth-order valence-corrected chi connectivity index (χ4v) is 6.11. The van der Waals surface area contributed by atoms with Gasteiger partial charge in [0.1, 0.15) is 11.6 Å². The number of hydrogen-bond donors (Lipinski definition) is 2. The van der Waals surface area contributed by atoms with Gasteiger partial charge in [0.15, 0.2) is 0 Å². The van der Waals surface area contributed by atoms with Crippen molar-refractivity contribution in [3.05, 3.63) is 47.7 Å². The third kappa shape index (κ3) is 6.11. The first-order chi connectivity index (χ1) is 20.8. The van der Waals surface area contributed by atoms with Gasteiger partial charge in [-0.25, -0.2) is 22.9 Å². The number of amides is 1. The quantitative estimate of drug-likeness (QED) is 0.236. The van der Waals surface area contributed by atoms with Crippen molar-refractivity contribution in [2.45, 2.75) is 51.4 Å². The molecule has 2 N–H and O–H groups in total. The van der Waals surface area contributed by atoms with E-state index in [1.807, 2.05) is 41.3 Å². The summed E-state index contributed by atoms with van der Waals surface area (Å²) in [5.41, 5.74) is 1.41. The SMILES string of the molecule is CNS(=O)(=O)c1nc2c(c(N3CCN(C(=O)O)C(CC#N)C3)n1)CCN(c1cc(OC(=O)C(C)(C)C)cc3ccccc13)C2. The van der Waals surface area contributed by atoms with Crippen LogP contribution in [0.25, 0.3) is 10.8 Å². The average molecular weight is 622 g/mol. The second-order valence-corrected chi connectivity index (χ2v) is 13.7. The first-order valence-corrected chi connectivity index (χ1v) is 15.8. The van der Waals surface area contributed by atoms with Gasteiger partial charge in [-0.15, -0.1) is 0 Å². The van der Waals surface area contributed by atoms with Crippen LogP contribution in [0.3, 0.4) is 0 Å². The monoisotopic (exact) mass is 621 g/mol. The lowest BCUT2D eigenvalue weighted by Gasteiger charge is -2.41. The molecule has 13 nitrogen and oxygen atoms in total. The maximum Gasteiger partial charge on any atom is 0.407 e. The average Bonchev–Trinajstić information content (AvgIpc) is 2.99. The van der Waals surface area contributed by atoms with Crippen LogP contribution in [0.4, 0.5) is 16.3 Å². The van der Waals surface area contributed by atoms with Crippen LogP contribution < -0.4 is 19.3 Å². The summed E-state index contributed by atoms with van der Waals surface area (Å²) in [7, 11) is -2.74. The fourth-order valence-electron chi connectivity index (χ4n) is 5.49. The number of anilines is 2. The summed E-state index contributed by atoms with van der Waals surface area (Å²) in [5, 5.41) is 20.4. The molecular formula is C30H35N7O6S. The number of carboxylic acid groups (broad SMARTS) is 1. The lowest BCUT2D eigenvalue weighted by molar-refractivity contribution is -0.142. The van der Waals surface area contributed by atoms with E-state index in [0.29, 0.717) is 30.2 Å². The van der Waals surface area contributed by atoms with E-state index in [1.54, 1.807) is 20.8 Å². The fraction of sp³-hybridized carbons (Fsp3) is 0.433. The largest absolute Gasteiger partial charge is 0.465 e. The number of nitrogens with one attached hydrogen (secondary N) is 1. The maximum absolute atomic E-state index is 12.9. The lowest BCUT2D eigenvalue weighted by atomic mass is 9.97. The molecule has 2 aliphatic heterocycles. The standard InChI is InChI=1S/C30H35N7O6S/c1-30(2,3)27(38)43-21-15-19-7-5-6-8-22(19)25(16-21)35-12-10-23-24(18-35)33-28(44(41,42)32-4)34-26(23)36-13-14-37(29(39)40)20(17-36)9-11-31/h5-8,15-16,20,32H,9-10,12-14,17-18H2,1-4H3,(H,39,40). The summed E-state index contributed by atoms with van der Waals surface area (Å²) in [4.78, 5) is 38.6. The van der Waals surface area contributed by atoms with Gasteiger partial charge >= 0.3 is 12.1 Å². The molecular weight excluding hydrogens is 586 g/mol. The minimum atomic E-state index is -4.02. The number of nitrogens with zero attached hydrogens (tertiary/aromatic N) is 6. The Labute approximate surface area is 256 Å². The molecule has 44 heavy (non-hydrogen) atoms. The highest BCUT2D eigenvalue weighted by Gasteiger charge is 2.35. The summed E-state index contributed by atoms with van der Waals surface area (Å²) in [6, 6.07) is 12.9. The van der Waals surface area contributed by atoms with Crippen molar-refractivity contribution in [3.63, 3.8) is 0 Å². The van der Waals surface area contributed by atoms with Crippen LogP contribution in [0.5, 0.6) is 5.75 Å². The van der Waals surface area contributed by atoms with E-state index in [-0.39, 0.29) is 43.7 Å². The molecule has 232 valence electrons. The van der Waals surface area contributed by atoms with Crippen molar-refractivity contribution < 1.29 is 27.9 Å². The maximum atomic E-state index is 12.9. The highest BCUT2D eigenvalue weighted by Crippen LogP contribution is 2.37. The third-order valence-electron chi connectivity index (χ3n) is 7.86. The lowest BCUT2D eigenvalue weighted by Crippen LogP contribution is -2.55. The van der Waals surface area contributed by atoms with E-state index < -0.39 is 27.6 Å². The second-order valence-electron chi connectivity index (χ2n) is 11.9. The van der Waals surface area contributed by atoms with Crippen LogP contribution in [0.15, 0.2) is 41.6 Å². The summed E-state index contributed by atoms with van der Waals surface area (Å²) in [6.07, 6.45) is -0.631. The molecule has 2 aliphatic rings. The number of carbonyl (C=O) groups excluding carboxylic acids is 1. The van der Waals surface area contributed by atoms with E-state index in [9.17, 15) is 28.4 Å². The van der Waals surface area contributed by atoms with Crippen molar-refractivity contribution in [2.24, 2.45) is 5.41 Å². The number of piperazine rings is 1. The first kappa shape index (κ1) is 31.0. The Hall–Kier alpha value is -4.48. The van der Waals surface area contributed by atoms with E-state index in [0.717, 1.165) is 22.0 Å². The van der Waals surface area contributed by atoms with Crippen molar-refractivity contribution in [1.29, 1.82) is 5.26 Å². The molecule has 1 unspecified atom stereocenters. The van der Waals surface area contributed by atoms with Crippen molar-refractivity contribution in [2.75, 3.05) is 43.0 Å². The molecule has 3 heterocycles. The Morgan fingerprint density at radius 3 is 2.57 bits per heavy atom. The number of nitriles is 1. The predicted molar refractivity (Wildman–Crippen MR) is 163 cm³/mol. The van der Waals surface area contributed by atoms with E-state index in [4.69, 9.17) is 4.74 Å². The number of esters is 1. The Morgan fingerprint density at radius 1 is 1.14 bits per heavy atom. The molecule has 3 aromatic rings. The molecule has 2 aromatic carbocycles. The molecule has 14 heteroatoms. The first-order valence-electron chi connectivity index (χ1n) is 14.3. The molecule has 5 rings (SSSR count). The number of ether oxygens (including phenoxy) is 1. The summed E-state index contributed by atoms with van der Waals surface area (Å²) >= 11 is 0. The number of hydrogen-bond acceptors (Lipinski definition) is 10. The Bertz CT molecular complexity index is 1770. The highest BCUT2D eigenvalue weighted by atomic mass is 32.2. The molecule has 0 aliphatic carbocycles.